The summed E-state index contributed by atoms with van der Waals surface area (Å²) in [5.41, 5.74) is 2.34. The molecule has 0 bridgehead atoms. The summed E-state index contributed by atoms with van der Waals surface area (Å²) in [7, 11) is 0. The van der Waals surface area contributed by atoms with Crippen LogP contribution in [0.25, 0.3) is 0 Å². The quantitative estimate of drug-likeness (QED) is 0.690. The van der Waals surface area contributed by atoms with E-state index in [0.717, 1.165) is 11.3 Å². The summed E-state index contributed by atoms with van der Waals surface area (Å²) in [4.78, 5) is 0. The minimum atomic E-state index is 0.220. The predicted octanol–water partition coefficient (Wildman–Crippen LogP) is 1.80. The molecule has 1 rings (SSSR count). The molecule has 1 N–H and O–H groups in total. The van der Waals surface area contributed by atoms with Crippen LogP contribution in [0.15, 0.2) is 18.2 Å². The van der Waals surface area contributed by atoms with Gasteiger partial charge in [0.25, 0.3) is 0 Å². The zero-order valence-corrected chi connectivity index (χ0v) is 7.33. The fourth-order valence-electron chi connectivity index (χ4n) is 1.04. The van der Waals surface area contributed by atoms with Gasteiger partial charge in [-0.05, 0) is 24.6 Å². The van der Waals surface area contributed by atoms with Gasteiger partial charge in [0.15, 0.2) is 0 Å². The highest BCUT2D eigenvalue weighted by molar-refractivity contribution is 5.58. The first-order valence-electron chi connectivity index (χ1n) is 3.89. The van der Waals surface area contributed by atoms with Gasteiger partial charge >= 0.3 is 0 Å². The molecular formula is C10H9N3. The normalized spacial score (nSPS) is 8.54. The average Bonchev–Trinajstić information content (AvgIpc) is 2.16. The average molecular weight is 171 g/mol. The summed E-state index contributed by atoms with van der Waals surface area (Å²) in [5.74, 6) is 0. The number of benzene rings is 1. The van der Waals surface area contributed by atoms with Gasteiger partial charge in [0.2, 0.25) is 0 Å². The maximum Gasteiger partial charge on any atom is 0.103 e. The monoisotopic (exact) mass is 171 g/mol. The van der Waals surface area contributed by atoms with Crippen LogP contribution in [0.1, 0.15) is 11.1 Å². The molecule has 3 heteroatoms. The Morgan fingerprint density at radius 3 is 2.77 bits per heavy atom. The van der Waals surface area contributed by atoms with Crippen molar-refractivity contribution >= 4 is 5.69 Å². The first-order valence-corrected chi connectivity index (χ1v) is 3.89. The van der Waals surface area contributed by atoms with E-state index < -0.39 is 0 Å². The Morgan fingerprint density at radius 2 is 2.15 bits per heavy atom. The van der Waals surface area contributed by atoms with Crippen molar-refractivity contribution in [2.24, 2.45) is 0 Å². The molecule has 0 unspecified atom stereocenters. The van der Waals surface area contributed by atoms with Gasteiger partial charge in [0.05, 0.1) is 17.3 Å². The Balaban J connectivity index is 2.96. The van der Waals surface area contributed by atoms with Gasteiger partial charge in [-0.2, -0.15) is 10.5 Å². The maximum absolute atomic E-state index is 8.77. The molecule has 1 aromatic carbocycles. The molecular weight excluding hydrogens is 162 g/mol. The fraction of sp³-hybridized carbons (Fsp3) is 0.200. The van der Waals surface area contributed by atoms with Crippen LogP contribution in [-0.4, -0.2) is 6.54 Å². The second-order valence-electron chi connectivity index (χ2n) is 2.67. The van der Waals surface area contributed by atoms with E-state index in [9.17, 15) is 0 Å². The lowest BCUT2D eigenvalue weighted by Crippen LogP contribution is -2.00. The lowest BCUT2D eigenvalue weighted by atomic mass is 10.1. The minimum Gasteiger partial charge on any atom is -0.371 e. The summed E-state index contributed by atoms with van der Waals surface area (Å²) in [6, 6.07) is 9.54. The van der Waals surface area contributed by atoms with E-state index in [0.29, 0.717) is 5.56 Å². The first kappa shape index (κ1) is 9.09. The lowest BCUT2D eigenvalue weighted by molar-refractivity contribution is 1.30. The van der Waals surface area contributed by atoms with Crippen molar-refractivity contribution in [2.45, 2.75) is 6.92 Å². The zero-order chi connectivity index (χ0) is 9.68. The summed E-state index contributed by atoms with van der Waals surface area (Å²) < 4.78 is 0. The second-order valence-corrected chi connectivity index (χ2v) is 2.67. The lowest BCUT2D eigenvalue weighted by Gasteiger charge is -2.04. The summed E-state index contributed by atoms with van der Waals surface area (Å²) in [6.07, 6.45) is 0. The van der Waals surface area contributed by atoms with E-state index >= 15 is 0 Å². The van der Waals surface area contributed by atoms with Crippen molar-refractivity contribution in [1.82, 2.24) is 0 Å². The maximum atomic E-state index is 8.77. The zero-order valence-electron chi connectivity index (χ0n) is 7.33. The highest BCUT2D eigenvalue weighted by Gasteiger charge is 1.99. The second kappa shape index (κ2) is 4.13. The number of anilines is 1. The van der Waals surface area contributed by atoms with E-state index in [-0.39, 0.29) is 6.54 Å². The first-order chi connectivity index (χ1) is 6.27. The molecule has 0 spiro atoms. The van der Waals surface area contributed by atoms with Crippen molar-refractivity contribution in [3.63, 3.8) is 0 Å². The van der Waals surface area contributed by atoms with Crippen molar-refractivity contribution in [3.8, 4) is 12.1 Å². The summed E-state index contributed by atoms with van der Waals surface area (Å²) in [5, 5.41) is 20.0. The van der Waals surface area contributed by atoms with Crippen LogP contribution in [0.5, 0.6) is 0 Å². The topological polar surface area (TPSA) is 59.6 Å². The number of nitrogens with zero attached hydrogens (tertiary/aromatic N) is 2. The number of hydrogen-bond acceptors (Lipinski definition) is 3. The van der Waals surface area contributed by atoms with Crippen LogP contribution >= 0.6 is 0 Å². The molecule has 0 aliphatic rings. The third kappa shape index (κ3) is 2.21. The molecule has 1 aromatic rings. The summed E-state index contributed by atoms with van der Waals surface area (Å²) in [6.45, 7) is 2.15. The standard InChI is InChI=1S/C10H9N3/c1-8-2-3-10(13-5-4-11)9(6-8)7-12/h2-3,6,13H,5H2,1H3. The van der Waals surface area contributed by atoms with Gasteiger partial charge in [-0.15, -0.1) is 0 Å². The highest BCUT2D eigenvalue weighted by atomic mass is 14.9. The van der Waals surface area contributed by atoms with Crippen LogP contribution in [0.2, 0.25) is 0 Å². The van der Waals surface area contributed by atoms with E-state index in [2.05, 4.69) is 11.4 Å². The van der Waals surface area contributed by atoms with Crippen molar-refractivity contribution in [1.29, 1.82) is 10.5 Å². The third-order valence-electron chi connectivity index (χ3n) is 1.65. The minimum absolute atomic E-state index is 0.220. The highest BCUT2D eigenvalue weighted by Crippen LogP contribution is 2.15. The van der Waals surface area contributed by atoms with Crippen LogP contribution in [-0.2, 0) is 0 Å². The van der Waals surface area contributed by atoms with Crippen LogP contribution < -0.4 is 5.32 Å². The third-order valence-corrected chi connectivity index (χ3v) is 1.65. The smallest absolute Gasteiger partial charge is 0.103 e. The number of aryl methyl sites for hydroxylation is 1. The van der Waals surface area contributed by atoms with Crippen LogP contribution in [0, 0.1) is 29.6 Å². The number of rotatable bonds is 2. The molecule has 0 saturated heterocycles. The summed E-state index contributed by atoms with van der Waals surface area (Å²) >= 11 is 0. The Morgan fingerprint density at radius 1 is 1.38 bits per heavy atom. The molecule has 0 fully saturated rings. The molecule has 0 aromatic heterocycles. The van der Waals surface area contributed by atoms with Crippen LogP contribution in [0.4, 0.5) is 5.69 Å². The van der Waals surface area contributed by atoms with E-state index in [4.69, 9.17) is 10.5 Å². The Kier molecular flexibility index (Phi) is 2.89. The van der Waals surface area contributed by atoms with Crippen molar-refractivity contribution in [3.05, 3.63) is 29.3 Å². The largest absolute Gasteiger partial charge is 0.371 e. The van der Waals surface area contributed by atoms with Gasteiger partial charge in [-0.1, -0.05) is 6.07 Å². The van der Waals surface area contributed by atoms with Crippen molar-refractivity contribution in [2.75, 3.05) is 11.9 Å². The molecule has 0 saturated carbocycles. The number of nitriles is 2. The molecule has 0 amide bonds. The van der Waals surface area contributed by atoms with Crippen LogP contribution in [0.3, 0.4) is 0 Å². The van der Waals surface area contributed by atoms with Crippen molar-refractivity contribution < 1.29 is 0 Å². The molecule has 0 aliphatic carbocycles. The fourth-order valence-corrected chi connectivity index (χ4v) is 1.04. The predicted molar refractivity (Wildman–Crippen MR) is 50.0 cm³/mol. The number of hydrogen-bond donors (Lipinski definition) is 1. The Hall–Kier alpha value is -2.00. The molecule has 3 nitrogen and oxygen atoms in total. The van der Waals surface area contributed by atoms with Gasteiger partial charge < -0.3 is 5.32 Å². The Labute approximate surface area is 77.2 Å². The Bertz CT molecular complexity index is 382. The molecule has 64 valence electrons. The molecule has 0 atom stereocenters. The molecule has 0 radical (unpaired) electrons. The van der Waals surface area contributed by atoms with E-state index in [1.165, 1.54) is 0 Å². The molecule has 13 heavy (non-hydrogen) atoms. The molecule has 0 aliphatic heterocycles. The van der Waals surface area contributed by atoms with E-state index in [1.807, 2.05) is 25.1 Å². The number of nitrogens with one attached hydrogen (secondary N) is 1. The van der Waals surface area contributed by atoms with Gasteiger partial charge in [-0.25, -0.2) is 0 Å². The van der Waals surface area contributed by atoms with Gasteiger partial charge in [-0.3, -0.25) is 0 Å². The SMILES string of the molecule is Cc1ccc(NCC#N)c(C#N)c1. The molecule has 0 heterocycles. The van der Waals surface area contributed by atoms with Gasteiger partial charge in [0.1, 0.15) is 12.6 Å². The van der Waals surface area contributed by atoms with Gasteiger partial charge in [0, 0.05) is 0 Å². The van der Waals surface area contributed by atoms with E-state index in [1.54, 1.807) is 6.07 Å².